The maximum absolute atomic E-state index is 11.2. The van der Waals surface area contributed by atoms with Crippen molar-refractivity contribution in [3.8, 4) is 0 Å². The molecule has 1 amide bonds. The average Bonchev–Trinajstić information content (AvgIpc) is 2.88. The number of pyridine rings is 1. The van der Waals surface area contributed by atoms with Crippen molar-refractivity contribution in [3.05, 3.63) is 29.6 Å². The number of alkyl carbamates (subject to hydrolysis) is 1. The molecule has 5 heteroatoms. The molecule has 0 aromatic carbocycles. The number of methoxy groups -OCH3 is 1. The largest absolute Gasteiger partial charge is 0.449 e. The van der Waals surface area contributed by atoms with Gasteiger partial charge in [0.1, 0.15) is 6.73 Å². The quantitative estimate of drug-likeness (QED) is 0.848. The first-order valence-corrected chi connectivity index (χ1v) is 6.61. The molecule has 1 unspecified atom stereocenters. The molecular formula is C14H22N2O3. The first kappa shape index (κ1) is 15.4. The molecule has 0 fully saturated rings. The minimum Gasteiger partial charge on any atom is -0.449 e. The summed E-state index contributed by atoms with van der Waals surface area (Å²) in [6.45, 7) is 4.61. The molecule has 1 aromatic rings. The molecule has 1 atom stereocenters. The van der Waals surface area contributed by atoms with Gasteiger partial charge in [-0.15, -0.1) is 0 Å². The fourth-order valence-corrected chi connectivity index (χ4v) is 2.03. The number of aromatic nitrogens is 1. The summed E-state index contributed by atoms with van der Waals surface area (Å²) in [5, 5.41) is 2.48. The molecule has 19 heavy (non-hydrogen) atoms. The van der Waals surface area contributed by atoms with Crippen molar-refractivity contribution in [3.63, 3.8) is 0 Å². The molecule has 106 valence electrons. The Kier molecular flexibility index (Phi) is 6.89. The molecule has 0 spiro atoms. The number of ether oxygens (including phenoxy) is 2. The summed E-state index contributed by atoms with van der Waals surface area (Å²) < 4.78 is 9.82. The summed E-state index contributed by atoms with van der Waals surface area (Å²) in [6, 6.07) is 2.03. The maximum atomic E-state index is 11.2. The number of nitrogens with zero attached hydrogens (tertiary/aromatic N) is 1. The Hall–Kier alpha value is -1.62. The molecule has 1 N–H and O–H groups in total. The van der Waals surface area contributed by atoms with Gasteiger partial charge in [-0.3, -0.25) is 10.3 Å². The molecule has 1 aliphatic carbocycles. The van der Waals surface area contributed by atoms with E-state index in [1.807, 2.05) is 26.1 Å². The molecule has 1 heterocycles. The predicted octanol–water partition coefficient (Wildman–Crippen LogP) is 2.15. The van der Waals surface area contributed by atoms with Crippen LogP contribution >= 0.6 is 0 Å². The number of carbonyl (C=O) groups is 1. The van der Waals surface area contributed by atoms with Crippen LogP contribution in [0.5, 0.6) is 0 Å². The number of carbonyl (C=O) groups excluding carboxylic acids is 1. The zero-order valence-corrected chi connectivity index (χ0v) is 11.8. The van der Waals surface area contributed by atoms with E-state index in [1.54, 1.807) is 6.20 Å². The summed E-state index contributed by atoms with van der Waals surface area (Å²) in [5.41, 5.74) is 2.57. The van der Waals surface area contributed by atoms with E-state index in [1.165, 1.54) is 18.2 Å². The summed E-state index contributed by atoms with van der Waals surface area (Å²) in [5.74, 6) is 0.363. The van der Waals surface area contributed by atoms with Crippen LogP contribution in [0.4, 0.5) is 4.79 Å². The first-order valence-electron chi connectivity index (χ1n) is 6.61. The van der Waals surface area contributed by atoms with Gasteiger partial charge in [0.15, 0.2) is 0 Å². The molecule has 0 radical (unpaired) electrons. The average molecular weight is 266 g/mol. The summed E-state index contributed by atoms with van der Waals surface area (Å²) in [7, 11) is 1.51. The second-order valence-electron chi connectivity index (χ2n) is 4.13. The van der Waals surface area contributed by atoms with Crippen molar-refractivity contribution in [1.29, 1.82) is 0 Å². The fraction of sp³-hybridized carbons (Fsp3) is 0.571. The molecule has 5 nitrogen and oxygen atoms in total. The molecule has 1 aromatic heterocycles. The lowest BCUT2D eigenvalue weighted by Gasteiger charge is -2.10. The van der Waals surface area contributed by atoms with Crippen molar-refractivity contribution in [2.45, 2.75) is 26.7 Å². The SMILES string of the molecule is CC.COCNC(=O)OCC1Cc2ccncc2C1. The first-order chi connectivity index (χ1) is 9.29. The minimum absolute atomic E-state index is 0.174. The predicted molar refractivity (Wildman–Crippen MR) is 72.8 cm³/mol. The Morgan fingerprint density at radius 1 is 1.42 bits per heavy atom. The van der Waals surface area contributed by atoms with Gasteiger partial charge in [-0.05, 0) is 30.0 Å². The van der Waals surface area contributed by atoms with E-state index in [0.29, 0.717) is 12.5 Å². The molecule has 0 saturated heterocycles. The molecule has 1 aliphatic rings. The van der Waals surface area contributed by atoms with Gasteiger partial charge in [0.25, 0.3) is 0 Å². The van der Waals surface area contributed by atoms with E-state index in [9.17, 15) is 4.79 Å². The van der Waals surface area contributed by atoms with Crippen LogP contribution in [0, 0.1) is 5.92 Å². The maximum Gasteiger partial charge on any atom is 0.408 e. The van der Waals surface area contributed by atoms with E-state index < -0.39 is 6.09 Å². The molecule has 0 saturated carbocycles. The summed E-state index contributed by atoms with van der Waals surface area (Å²) in [6.07, 6.45) is 5.14. The van der Waals surface area contributed by atoms with Crippen LogP contribution in [0.2, 0.25) is 0 Å². The smallest absolute Gasteiger partial charge is 0.408 e. The third-order valence-electron chi connectivity index (χ3n) is 2.83. The van der Waals surface area contributed by atoms with Gasteiger partial charge in [0.05, 0.1) is 6.61 Å². The highest BCUT2D eigenvalue weighted by Gasteiger charge is 2.22. The Morgan fingerprint density at radius 2 is 2.16 bits per heavy atom. The fourth-order valence-electron chi connectivity index (χ4n) is 2.03. The summed E-state index contributed by atoms with van der Waals surface area (Å²) in [4.78, 5) is 15.3. The normalized spacial score (nSPS) is 16.1. The zero-order valence-electron chi connectivity index (χ0n) is 11.8. The standard InChI is InChI=1S/C12H16N2O3.C2H6/c1-16-8-14-12(15)17-7-9-4-10-2-3-13-6-11(10)5-9;1-2/h2-3,6,9H,4-5,7-8H2,1H3,(H,14,15);1-2H3. The van der Waals surface area contributed by atoms with Crippen molar-refractivity contribution in [1.82, 2.24) is 10.3 Å². The van der Waals surface area contributed by atoms with Crippen LogP contribution in [0.15, 0.2) is 18.5 Å². The van der Waals surface area contributed by atoms with Crippen LogP contribution < -0.4 is 5.32 Å². The van der Waals surface area contributed by atoms with Crippen LogP contribution in [0.1, 0.15) is 25.0 Å². The second-order valence-corrected chi connectivity index (χ2v) is 4.13. The Morgan fingerprint density at radius 3 is 2.84 bits per heavy atom. The van der Waals surface area contributed by atoms with Crippen molar-refractivity contribution in [2.24, 2.45) is 5.92 Å². The molecular weight excluding hydrogens is 244 g/mol. The van der Waals surface area contributed by atoms with Crippen molar-refractivity contribution < 1.29 is 14.3 Å². The highest BCUT2D eigenvalue weighted by Crippen LogP contribution is 2.25. The van der Waals surface area contributed by atoms with Gasteiger partial charge in [-0.2, -0.15) is 0 Å². The monoisotopic (exact) mass is 266 g/mol. The highest BCUT2D eigenvalue weighted by molar-refractivity contribution is 5.66. The lowest BCUT2D eigenvalue weighted by Crippen LogP contribution is -2.28. The topological polar surface area (TPSA) is 60.5 Å². The third-order valence-corrected chi connectivity index (χ3v) is 2.83. The van der Waals surface area contributed by atoms with E-state index in [-0.39, 0.29) is 6.73 Å². The molecule has 0 aliphatic heterocycles. The number of rotatable bonds is 4. The number of nitrogens with one attached hydrogen (secondary N) is 1. The van der Waals surface area contributed by atoms with Crippen molar-refractivity contribution in [2.75, 3.05) is 20.4 Å². The number of amides is 1. The van der Waals surface area contributed by atoms with Crippen LogP contribution in [-0.2, 0) is 22.3 Å². The van der Waals surface area contributed by atoms with Crippen LogP contribution in [-0.4, -0.2) is 31.5 Å². The van der Waals surface area contributed by atoms with Gasteiger partial charge in [0, 0.05) is 25.4 Å². The lowest BCUT2D eigenvalue weighted by molar-refractivity contribution is 0.108. The van der Waals surface area contributed by atoms with Crippen LogP contribution in [0.3, 0.4) is 0 Å². The summed E-state index contributed by atoms with van der Waals surface area (Å²) >= 11 is 0. The van der Waals surface area contributed by atoms with E-state index in [4.69, 9.17) is 9.47 Å². The Balaban J connectivity index is 0.000000861. The Bertz CT molecular complexity index is 371. The van der Waals surface area contributed by atoms with E-state index >= 15 is 0 Å². The van der Waals surface area contributed by atoms with Gasteiger partial charge >= 0.3 is 6.09 Å². The Labute approximate surface area is 114 Å². The van der Waals surface area contributed by atoms with E-state index in [0.717, 1.165) is 12.8 Å². The highest BCUT2D eigenvalue weighted by atomic mass is 16.6. The number of fused-ring (bicyclic) bond motifs is 1. The molecule has 2 rings (SSSR count). The minimum atomic E-state index is -0.430. The van der Waals surface area contributed by atoms with Gasteiger partial charge in [0.2, 0.25) is 0 Å². The van der Waals surface area contributed by atoms with Crippen molar-refractivity contribution >= 4 is 6.09 Å². The zero-order chi connectivity index (χ0) is 14.1. The number of hydrogen-bond acceptors (Lipinski definition) is 4. The van der Waals surface area contributed by atoms with Gasteiger partial charge in [-0.1, -0.05) is 13.8 Å². The van der Waals surface area contributed by atoms with Gasteiger partial charge < -0.3 is 9.47 Å². The number of hydrogen-bond donors (Lipinski definition) is 1. The third kappa shape index (κ3) is 4.87. The second kappa shape index (κ2) is 8.48. The lowest BCUT2D eigenvalue weighted by atomic mass is 10.1. The van der Waals surface area contributed by atoms with E-state index in [2.05, 4.69) is 10.3 Å². The molecule has 0 bridgehead atoms. The van der Waals surface area contributed by atoms with Crippen LogP contribution in [0.25, 0.3) is 0 Å². The van der Waals surface area contributed by atoms with Gasteiger partial charge in [-0.25, -0.2) is 4.79 Å².